The molecule has 1 aliphatic rings. The third-order valence-electron chi connectivity index (χ3n) is 4.51. The number of piperazine rings is 1. The Kier molecular flexibility index (Phi) is 4.02. The first-order chi connectivity index (χ1) is 11.7. The maximum absolute atomic E-state index is 5.43. The van der Waals surface area contributed by atoms with Gasteiger partial charge in [0.15, 0.2) is 5.13 Å². The third-order valence-corrected chi connectivity index (χ3v) is 5.59. The zero-order valence-electron chi connectivity index (χ0n) is 14.0. The number of benzene rings is 2. The number of ether oxygens (including phenoxy) is 1. The van der Waals surface area contributed by atoms with Crippen LogP contribution in [0, 0.1) is 6.92 Å². The average Bonchev–Trinajstić information content (AvgIpc) is 3.06. The van der Waals surface area contributed by atoms with Crippen LogP contribution in [0.1, 0.15) is 5.56 Å². The SMILES string of the molecule is COc1cccc2sc(N3CCN(c4cccc(C)c4)CC3)nc12. The van der Waals surface area contributed by atoms with Crippen molar-refractivity contribution in [3.05, 3.63) is 48.0 Å². The van der Waals surface area contributed by atoms with E-state index in [1.54, 1.807) is 18.4 Å². The van der Waals surface area contributed by atoms with Crippen molar-refractivity contribution in [2.24, 2.45) is 0 Å². The summed E-state index contributed by atoms with van der Waals surface area (Å²) in [4.78, 5) is 9.66. The van der Waals surface area contributed by atoms with Crippen LogP contribution >= 0.6 is 11.3 Å². The van der Waals surface area contributed by atoms with Crippen LogP contribution in [0.3, 0.4) is 0 Å². The molecular weight excluding hydrogens is 318 g/mol. The van der Waals surface area contributed by atoms with Gasteiger partial charge in [-0.25, -0.2) is 4.98 Å². The highest BCUT2D eigenvalue weighted by Gasteiger charge is 2.20. The summed E-state index contributed by atoms with van der Waals surface area (Å²) >= 11 is 1.75. The highest BCUT2D eigenvalue weighted by Crippen LogP contribution is 2.34. The quantitative estimate of drug-likeness (QED) is 0.723. The fourth-order valence-electron chi connectivity index (χ4n) is 3.19. The summed E-state index contributed by atoms with van der Waals surface area (Å²) in [5.74, 6) is 0.855. The van der Waals surface area contributed by atoms with E-state index >= 15 is 0 Å². The monoisotopic (exact) mass is 339 g/mol. The lowest BCUT2D eigenvalue weighted by atomic mass is 10.2. The minimum atomic E-state index is 0.855. The minimum Gasteiger partial charge on any atom is -0.494 e. The fourth-order valence-corrected chi connectivity index (χ4v) is 4.23. The van der Waals surface area contributed by atoms with E-state index in [0.717, 1.165) is 42.6 Å². The summed E-state index contributed by atoms with van der Waals surface area (Å²) in [6, 6.07) is 14.9. The van der Waals surface area contributed by atoms with Crippen molar-refractivity contribution in [1.82, 2.24) is 4.98 Å². The molecule has 3 aromatic rings. The van der Waals surface area contributed by atoms with Crippen LogP contribution in [0.25, 0.3) is 10.2 Å². The van der Waals surface area contributed by atoms with Crippen LogP contribution in [0.2, 0.25) is 0 Å². The highest BCUT2D eigenvalue weighted by atomic mass is 32.1. The largest absolute Gasteiger partial charge is 0.494 e. The van der Waals surface area contributed by atoms with Crippen molar-refractivity contribution in [1.29, 1.82) is 0 Å². The summed E-state index contributed by atoms with van der Waals surface area (Å²) in [6.45, 7) is 6.19. The number of rotatable bonds is 3. The van der Waals surface area contributed by atoms with Crippen molar-refractivity contribution in [3.63, 3.8) is 0 Å². The van der Waals surface area contributed by atoms with Crippen molar-refractivity contribution in [2.75, 3.05) is 43.1 Å². The molecule has 0 radical (unpaired) electrons. The lowest BCUT2D eigenvalue weighted by Gasteiger charge is -2.36. The minimum absolute atomic E-state index is 0.855. The molecule has 2 heterocycles. The van der Waals surface area contributed by atoms with E-state index in [1.807, 2.05) is 12.1 Å². The van der Waals surface area contributed by atoms with Gasteiger partial charge in [0.25, 0.3) is 0 Å². The molecule has 1 saturated heterocycles. The summed E-state index contributed by atoms with van der Waals surface area (Å²) in [5, 5.41) is 1.10. The first-order valence-corrected chi connectivity index (χ1v) is 9.06. The van der Waals surface area contributed by atoms with E-state index in [9.17, 15) is 0 Å². The van der Waals surface area contributed by atoms with E-state index in [4.69, 9.17) is 9.72 Å². The van der Waals surface area contributed by atoms with Crippen LogP contribution < -0.4 is 14.5 Å². The lowest BCUT2D eigenvalue weighted by Crippen LogP contribution is -2.46. The zero-order chi connectivity index (χ0) is 16.5. The number of hydrogen-bond donors (Lipinski definition) is 0. The van der Waals surface area contributed by atoms with Crippen molar-refractivity contribution >= 4 is 32.4 Å². The Hall–Kier alpha value is -2.27. The van der Waals surface area contributed by atoms with E-state index in [0.29, 0.717) is 0 Å². The molecule has 0 unspecified atom stereocenters. The molecule has 124 valence electrons. The third kappa shape index (κ3) is 2.80. The Morgan fingerprint density at radius 1 is 1.00 bits per heavy atom. The molecule has 4 nitrogen and oxygen atoms in total. The normalized spacial score (nSPS) is 15.1. The summed E-state index contributed by atoms with van der Waals surface area (Å²) in [6.07, 6.45) is 0. The second-order valence-electron chi connectivity index (χ2n) is 6.12. The van der Waals surface area contributed by atoms with Gasteiger partial charge in [-0.2, -0.15) is 0 Å². The molecule has 4 rings (SSSR count). The van der Waals surface area contributed by atoms with E-state index in [2.05, 4.69) is 47.1 Å². The van der Waals surface area contributed by atoms with E-state index in [1.165, 1.54) is 16.0 Å². The molecule has 1 fully saturated rings. The van der Waals surface area contributed by atoms with Gasteiger partial charge in [-0.3, -0.25) is 0 Å². The van der Waals surface area contributed by atoms with Gasteiger partial charge in [-0.15, -0.1) is 0 Å². The number of nitrogens with zero attached hydrogens (tertiary/aromatic N) is 3. The Bertz CT molecular complexity index is 853. The van der Waals surface area contributed by atoms with Crippen molar-refractivity contribution in [2.45, 2.75) is 6.92 Å². The Morgan fingerprint density at radius 2 is 1.75 bits per heavy atom. The van der Waals surface area contributed by atoms with Gasteiger partial charge in [-0.1, -0.05) is 29.5 Å². The number of thiazole rings is 1. The average molecular weight is 339 g/mol. The first kappa shape index (κ1) is 15.3. The topological polar surface area (TPSA) is 28.6 Å². The Morgan fingerprint density at radius 3 is 2.50 bits per heavy atom. The predicted molar refractivity (Wildman–Crippen MR) is 102 cm³/mol. The first-order valence-electron chi connectivity index (χ1n) is 8.25. The second-order valence-corrected chi connectivity index (χ2v) is 7.13. The van der Waals surface area contributed by atoms with Gasteiger partial charge in [0, 0.05) is 31.9 Å². The Labute approximate surface area is 146 Å². The molecule has 2 aromatic carbocycles. The van der Waals surface area contributed by atoms with Gasteiger partial charge in [0.1, 0.15) is 11.3 Å². The predicted octanol–water partition coefficient (Wildman–Crippen LogP) is 3.94. The molecule has 0 amide bonds. The van der Waals surface area contributed by atoms with Crippen LogP contribution in [0.5, 0.6) is 5.75 Å². The van der Waals surface area contributed by atoms with Crippen molar-refractivity contribution < 1.29 is 4.74 Å². The lowest BCUT2D eigenvalue weighted by molar-refractivity contribution is 0.419. The van der Waals surface area contributed by atoms with Crippen LogP contribution in [-0.2, 0) is 0 Å². The molecular formula is C19H21N3OS. The van der Waals surface area contributed by atoms with Gasteiger partial charge in [0.2, 0.25) is 0 Å². The van der Waals surface area contributed by atoms with Crippen molar-refractivity contribution in [3.8, 4) is 5.75 Å². The van der Waals surface area contributed by atoms with Gasteiger partial charge < -0.3 is 14.5 Å². The molecule has 0 saturated carbocycles. The smallest absolute Gasteiger partial charge is 0.186 e. The molecule has 1 aromatic heterocycles. The number of para-hydroxylation sites is 1. The summed E-state index contributed by atoms with van der Waals surface area (Å²) in [5.41, 5.74) is 3.61. The standard InChI is InChI=1S/C19H21N3OS/c1-14-5-3-6-15(13-14)21-9-11-22(12-10-21)19-20-18-16(23-2)7-4-8-17(18)24-19/h3-8,13H,9-12H2,1-2H3. The number of fused-ring (bicyclic) bond motifs is 1. The molecule has 0 atom stereocenters. The number of anilines is 2. The fraction of sp³-hybridized carbons (Fsp3) is 0.316. The maximum atomic E-state index is 5.43. The number of aromatic nitrogens is 1. The maximum Gasteiger partial charge on any atom is 0.186 e. The highest BCUT2D eigenvalue weighted by molar-refractivity contribution is 7.22. The molecule has 0 aliphatic carbocycles. The van der Waals surface area contributed by atoms with Gasteiger partial charge >= 0.3 is 0 Å². The zero-order valence-corrected chi connectivity index (χ0v) is 14.8. The van der Waals surface area contributed by atoms with Gasteiger partial charge in [0.05, 0.1) is 11.8 Å². The van der Waals surface area contributed by atoms with Crippen LogP contribution in [-0.4, -0.2) is 38.3 Å². The molecule has 1 aliphatic heterocycles. The number of methoxy groups -OCH3 is 1. The number of hydrogen-bond acceptors (Lipinski definition) is 5. The molecule has 24 heavy (non-hydrogen) atoms. The second kappa shape index (κ2) is 6.32. The Balaban J connectivity index is 1.52. The summed E-state index contributed by atoms with van der Waals surface area (Å²) in [7, 11) is 1.70. The van der Waals surface area contributed by atoms with E-state index in [-0.39, 0.29) is 0 Å². The molecule has 0 N–H and O–H groups in total. The molecule has 0 spiro atoms. The molecule has 0 bridgehead atoms. The summed E-state index contributed by atoms with van der Waals surface area (Å²) < 4.78 is 6.62. The van der Waals surface area contributed by atoms with Crippen LogP contribution in [0.4, 0.5) is 10.8 Å². The van der Waals surface area contributed by atoms with Crippen LogP contribution in [0.15, 0.2) is 42.5 Å². The van der Waals surface area contributed by atoms with E-state index < -0.39 is 0 Å². The van der Waals surface area contributed by atoms with Gasteiger partial charge in [-0.05, 0) is 36.8 Å². The molecule has 5 heteroatoms. The number of aryl methyl sites for hydroxylation is 1.